The molecule has 0 spiro atoms. The molecule has 1 aliphatic heterocycles. The molecule has 2 aromatic heterocycles. The molecule has 216 valence electrons. The van der Waals surface area contributed by atoms with Gasteiger partial charge in [0.05, 0.1) is 11.2 Å². The Kier molecular flexibility index (Phi) is 8.30. The van der Waals surface area contributed by atoms with Crippen LogP contribution in [-0.4, -0.2) is 63.5 Å². The van der Waals surface area contributed by atoms with E-state index in [2.05, 4.69) is 31.1 Å². The Hall–Kier alpha value is -2.28. The van der Waals surface area contributed by atoms with Crippen molar-refractivity contribution in [2.45, 2.75) is 99.7 Å². The number of benzene rings is 1. The molecular weight excluding hydrogens is 592 g/mol. The largest absolute Gasteiger partial charge is 0.365 e. The van der Waals surface area contributed by atoms with Crippen LogP contribution in [0.15, 0.2) is 40.0 Å². The molecule has 4 N–H and O–H groups in total. The summed E-state index contributed by atoms with van der Waals surface area (Å²) >= 11 is 3.38. The molecule has 3 aliphatic rings. The van der Waals surface area contributed by atoms with E-state index in [4.69, 9.17) is 20.7 Å². The second-order valence-electron chi connectivity index (χ2n) is 11.5. The van der Waals surface area contributed by atoms with Gasteiger partial charge in [-0.05, 0) is 75.6 Å². The van der Waals surface area contributed by atoms with Crippen molar-refractivity contribution < 1.29 is 8.42 Å². The Bertz CT molecular complexity index is 1410. The molecule has 3 fully saturated rings. The van der Waals surface area contributed by atoms with Gasteiger partial charge in [-0.15, -0.1) is 0 Å². The average molecular weight is 632 g/mol. The molecule has 0 bridgehead atoms. The topological polar surface area (TPSA) is 131 Å². The number of imidazole rings is 1. The Morgan fingerprint density at radius 3 is 2.23 bits per heavy atom. The zero-order chi connectivity index (χ0) is 27.7. The van der Waals surface area contributed by atoms with Crippen LogP contribution in [0.2, 0.25) is 0 Å². The predicted octanol–water partition coefficient (Wildman–Crippen LogP) is 5.04. The fourth-order valence-corrected chi connectivity index (χ4v) is 8.08. The number of anilines is 2. The van der Waals surface area contributed by atoms with E-state index in [0.29, 0.717) is 48.9 Å². The van der Waals surface area contributed by atoms with Crippen LogP contribution in [0.5, 0.6) is 0 Å². The minimum absolute atomic E-state index is 0.0924. The van der Waals surface area contributed by atoms with E-state index in [1.165, 1.54) is 19.3 Å². The molecule has 40 heavy (non-hydrogen) atoms. The van der Waals surface area contributed by atoms with E-state index in [-0.39, 0.29) is 12.1 Å². The first kappa shape index (κ1) is 27.9. The van der Waals surface area contributed by atoms with Gasteiger partial charge in [-0.1, -0.05) is 35.2 Å². The first-order valence-electron chi connectivity index (χ1n) is 14.7. The highest BCUT2D eigenvalue weighted by atomic mass is 79.9. The number of aromatic nitrogens is 4. The highest BCUT2D eigenvalue weighted by Gasteiger charge is 2.30. The summed E-state index contributed by atoms with van der Waals surface area (Å²) in [5.74, 6) is 1.35. The number of rotatable bonds is 7. The van der Waals surface area contributed by atoms with Gasteiger partial charge in [-0.25, -0.2) is 13.4 Å². The van der Waals surface area contributed by atoms with Crippen LogP contribution in [0.3, 0.4) is 0 Å². The van der Waals surface area contributed by atoms with Crippen molar-refractivity contribution in [1.29, 1.82) is 0 Å². The summed E-state index contributed by atoms with van der Waals surface area (Å²) in [6.45, 7) is 0.905. The lowest BCUT2D eigenvalue weighted by Gasteiger charge is -2.32. The molecule has 0 radical (unpaired) electrons. The fourth-order valence-electron chi connectivity index (χ4n) is 6.34. The van der Waals surface area contributed by atoms with Crippen molar-refractivity contribution >= 4 is 48.9 Å². The lowest BCUT2D eigenvalue weighted by Crippen LogP contribution is -2.42. The maximum absolute atomic E-state index is 13.2. The van der Waals surface area contributed by atoms with Gasteiger partial charge in [0, 0.05) is 41.7 Å². The van der Waals surface area contributed by atoms with Gasteiger partial charge in [0.1, 0.15) is 0 Å². The van der Waals surface area contributed by atoms with E-state index in [1.807, 2.05) is 6.33 Å². The highest BCUT2D eigenvalue weighted by Crippen LogP contribution is 2.33. The molecule has 2 saturated carbocycles. The third-order valence-corrected chi connectivity index (χ3v) is 11.2. The summed E-state index contributed by atoms with van der Waals surface area (Å²) in [4.78, 5) is 15.0. The first-order valence-corrected chi connectivity index (χ1v) is 16.9. The van der Waals surface area contributed by atoms with E-state index in [1.54, 1.807) is 28.6 Å². The van der Waals surface area contributed by atoms with Crippen LogP contribution in [0, 0.1) is 0 Å². The van der Waals surface area contributed by atoms with Gasteiger partial charge in [-0.3, -0.25) is 0 Å². The Morgan fingerprint density at radius 2 is 1.52 bits per heavy atom. The number of hydrogen-bond acceptors (Lipinski definition) is 8. The molecule has 10 nitrogen and oxygen atoms in total. The highest BCUT2D eigenvalue weighted by molar-refractivity contribution is 9.10. The van der Waals surface area contributed by atoms with Crippen molar-refractivity contribution in [3.8, 4) is 0 Å². The van der Waals surface area contributed by atoms with Gasteiger partial charge in [0.25, 0.3) is 0 Å². The monoisotopic (exact) mass is 630 g/mol. The van der Waals surface area contributed by atoms with E-state index >= 15 is 0 Å². The van der Waals surface area contributed by atoms with Crippen LogP contribution >= 0.6 is 15.9 Å². The summed E-state index contributed by atoms with van der Waals surface area (Å²) in [6, 6.07) is 7.93. The average Bonchev–Trinajstić information content (AvgIpc) is 3.40. The van der Waals surface area contributed by atoms with Gasteiger partial charge in [-0.2, -0.15) is 14.3 Å². The molecular formula is C28H39BrN8O2S. The minimum Gasteiger partial charge on any atom is -0.365 e. The zero-order valence-electron chi connectivity index (χ0n) is 22.8. The van der Waals surface area contributed by atoms with Gasteiger partial charge < -0.3 is 20.9 Å². The molecule has 6 rings (SSSR count). The van der Waals surface area contributed by atoms with Crippen molar-refractivity contribution in [1.82, 2.24) is 23.8 Å². The Labute approximate surface area is 244 Å². The Balaban J connectivity index is 1.21. The minimum atomic E-state index is -3.52. The molecule has 12 heteroatoms. The summed E-state index contributed by atoms with van der Waals surface area (Å²) in [5, 5.41) is 7.22. The zero-order valence-corrected chi connectivity index (χ0v) is 25.2. The molecule has 0 unspecified atom stereocenters. The van der Waals surface area contributed by atoms with Crippen molar-refractivity contribution in [3.63, 3.8) is 0 Å². The summed E-state index contributed by atoms with van der Waals surface area (Å²) in [6.07, 6.45) is 13.4. The normalized spacial score (nSPS) is 23.9. The van der Waals surface area contributed by atoms with Crippen LogP contribution in [0.1, 0.15) is 76.7 Å². The van der Waals surface area contributed by atoms with Crippen LogP contribution in [-0.2, 0) is 10.0 Å². The second kappa shape index (κ2) is 11.9. The quantitative estimate of drug-likeness (QED) is 0.331. The maximum atomic E-state index is 13.2. The number of hydrogen-bond donors (Lipinski definition) is 3. The summed E-state index contributed by atoms with van der Waals surface area (Å²) in [7, 11) is -3.52. The number of nitrogens with one attached hydrogen (secondary N) is 2. The van der Waals surface area contributed by atoms with Crippen LogP contribution in [0.4, 0.5) is 11.8 Å². The van der Waals surface area contributed by atoms with E-state index in [0.717, 1.165) is 60.0 Å². The molecule has 3 aromatic rings. The maximum Gasteiger partial charge on any atom is 0.243 e. The molecule has 1 saturated heterocycles. The number of nitrogens with two attached hydrogens (primary N) is 1. The third-order valence-electron chi connectivity index (χ3n) is 8.74. The standard InChI is InChI=1S/C28H39BrN8O2S/c29-19-6-12-24(13-7-19)40(38,39)36-16-14-22(15-17-36)32-26-25-27(37(18-31-25)23-4-2-1-3-5-23)35-28(34-26)33-21-10-8-20(30)9-11-21/h6-7,12-13,18,20-23H,1-5,8-11,14-17,30H2,(H2,32,33,34,35). The molecule has 1 aromatic carbocycles. The number of piperidine rings is 1. The van der Waals surface area contributed by atoms with Crippen molar-refractivity contribution in [2.75, 3.05) is 23.7 Å². The number of sulfonamides is 1. The smallest absolute Gasteiger partial charge is 0.243 e. The van der Waals surface area contributed by atoms with Gasteiger partial charge in [0.2, 0.25) is 16.0 Å². The lowest BCUT2D eigenvalue weighted by molar-refractivity contribution is 0.329. The SMILES string of the molecule is NC1CCC(Nc2nc(NC3CCN(S(=O)(=O)c4ccc(Br)cc4)CC3)c3ncn(C4CCCCC4)c3n2)CC1. The van der Waals surface area contributed by atoms with Crippen molar-refractivity contribution in [2.24, 2.45) is 5.73 Å². The first-order chi connectivity index (χ1) is 19.4. The second-order valence-corrected chi connectivity index (χ2v) is 14.4. The van der Waals surface area contributed by atoms with E-state index < -0.39 is 10.0 Å². The number of nitrogens with zero attached hydrogens (tertiary/aromatic N) is 5. The van der Waals surface area contributed by atoms with Gasteiger partial charge >= 0.3 is 0 Å². The van der Waals surface area contributed by atoms with Gasteiger partial charge in [0.15, 0.2) is 17.0 Å². The van der Waals surface area contributed by atoms with E-state index in [9.17, 15) is 8.42 Å². The summed E-state index contributed by atoms with van der Waals surface area (Å²) < 4.78 is 31.1. The molecule has 3 heterocycles. The third kappa shape index (κ3) is 6.00. The van der Waals surface area contributed by atoms with Crippen molar-refractivity contribution in [3.05, 3.63) is 35.1 Å². The summed E-state index contributed by atoms with van der Waals surface area (Å²) in [5.41, 5.74) is 7.79. The molecule has 0 amide bonds. The molecule has 2 aliphatic carbocycles. The Morgan fingerprint density at radius 1 is 0.850 bits per heavy atom. The molecule has 0 atom stereocenters. The lowest BCUT2D eigenvalue weighted by atomic mass is 9.92. The fraction of sp³-hybridized carbons (Fsp3) is 0.607. The van der Waals surface area contributed by atoms with Crippen LogP contribution in [0.25, 0.3) is 11.2 Å². The predicted molar refractivity (Wildman–Crippen MR) is 161 cm³/mol. The van der Waals surface area contributed by atoms with Crippen LogP contribution < -0.4 is 16.4 Å². The number of fused-ring (bicyclic) bond motifs is 1. The number of halogens is 1.